The molecule has 1 aliphatic heterocycles. The Morgan fingerprint density at radius 1 is 0.967 bits per heavy atom. The molecule has 160 valence electrons. The number of carbonyl (C=O) groups is 2. The molecule has 0 unspecified atom stereocenters. The first-order valence-corrected chi connectivity index (χ1v) is 10.5. The quantitative estimate of drug-likeness (QED) is 0.508. The van der Waals surface area contributed by atoms with Crippen molar-refractivity contribution in [1.29, 1.82) is 0 Å². The maximum atomic E-state index is 13.2. The highest BCUT2D eigenvalue weighted by atomic mass is 19.1. The fourth-order valence-electron chi connectivity index (χ4n) is 3.96. The predicted molar refractivity (Wildman–Crippen MR) is 114 cm³/mol. The zero-order valence-corrected chi connectivity index (χ0v) is 17.6. The van der Waals surface area contributed by atoms with Gasteiger partial charge in [0.15, 0.2) is 12.6 Å². The van der Waals surface area contributed by atoms with E-state index in [2.05, 4.69) is 10.6 Å². The number of hydrogen-bond donors (Lipinski definition) is 4. The number of anilines is 1. The molecule has 6 nitrogen and oxygen atoms in total. The molecular formula is C23H31FN4O2+2. The second-order valence-electron chi connectivity index (χ2n) is 8.15. The van der Waals surface area contributed by atoms with Crippen LogP contribution in [0, 0.1) is 5.82 Å². The van der Waals surface area contributed by atoms with Crippen molar-refractivity contribution >= 4 is 17.5 Å². The number of hydrogen-bond acceptors (Lipinski definition) is 2. The van der Waals surface area contributed by atoms with E-state index in [0.717, 1.165) is 31.7 Å². The Bertz CT molecular complexity index is 834. The molecule has 0 bridgehead atoms. The molecule has 1 aliphatic rings. The molecule has 0 radical (unpaired) electrons. The minimum Gasteiger partial charge on any atom is -0.349 e. The van der Waals surface area contributed by atoms with Crippen molar-refractivity contribution in [2.45, 2.75) is 25.9 Å². The third-order valence-corrected chi connectivity index (χ3v) is 5.37. The van der Waals surface area contributed by atoms with Crippen LogP contribution in [0.1, 0.15) is 25.5 Å². The van der Waals surface area contributed by atoms with Crippen molar-refractivity contribution < 1.29 is 23.8 Å². The smallest absolute Gasteiger partial charge is 0.287 e. The number of benzene rings is 2. The molecule has 0 saturated carbocycles. The first kappa shape index (κ1) is 21.9. The van der Waals surface area contributed by atoms with Crippen LogP contribution in [-0.2, 0) is 9.59 Å². The number of halogens is 1. The molecule has 1 heterocycles. The first-order valence-electron chi connectivity index (χ1n) is 10.5. The molecular weight excluding hydrogens is 383 g/mol. The van der Waals surface area contributed by atoms with Gasteiger partial charge in [-0.15, -0.1) is 0 Å². The second-order valence-corrected chi connectivity index (χ2v) is 8.15. The monoisotopic (exact) mass is 414 g/mol. The van der Waals surface area contributed by atoms with E-state index in [4.69, 9.17) is 0 Å². The van der Waals surface area contributed by atoms with Gasteiger partial charge in [-0.1, -0.05) is 30.3 Å². The lowest BCUT2D eigenvalue weighted by Crippen LogP contribution is -3.28. The van der Waals surface area contributed by atoms with Crippen LogP contribution < -0.4 is 20.4 Å². The maximum absolute atomic E-state index is 13.2. The molecule has 30 heavy (non-hydrogen) atoms. The van der Waals surface area contributed by atoms with E-state index in [1.807, 2.05) is 44.2 Å². The van der Waals surface area contributed by atoms with Crippen LogP contribution in [0.3, 0.4) is 0 Å². The fourth-order valence-corrected chi connectivity index (χ4v) is 3.96. The van der Waals surface area contributed by atoms with Crippen molar-refractivity contribution in [2.75, 3.05) is 38.0 Å². The third-order valence-electron chi connectivity index (χ3n) is 5.37. The fraction of sp³-hybridized carbons (Fsp3) is 0.391. The summed E-state index contributed by atoms with van der Waals surface area (Å²) in [5, 5.41) is 5.87. The Balaban J connectivity index is 1.67. The normalized spacial score (nSPS) is 19.9. The van der Waals surface area contributed by atoms with Gasteiger partial charge in [0.05, 0.1) is 0 Å². The van der Waals surface area contributed by atoms with Crippen molar-refractivity contribution in [3.8, 4) is 0 Å². The van der Waals surface area contributed by atoms with Crippen molar-refractivity contribution in [1.82, 2.24) is 5.32 Å². The second kappa shape index (κ2) is 10.3. The van der Waals surface area contributed by atoms with E-state index in [9.17, 15) is 14.0 Å². The SMILES string of the molecule is CC(C)NC(=O)C[NH+]1CC[NH+]([C@@H](C(=O)Nc2ccc(F)cc2)c2ccccc2)CC1. The van der Waals surface area contributed by atoms with Gasteiger partial charge in [0.25, 0.3) is 11.8 Å². The summed E-state index contributed by atoms with van der Waals surface area (Å²) in [6.07, 6.45) is 0. The summed E-state index contributed by atoms with van der Waals surface area (Å²) in [7, 11) is 0. The highest BCUT2D eigenvalue weighted by Gasteiger charge is 2.36. The molecule has 1 fully saturated rings. The average molecular weight is 415 g/mol. The van der Waals surface area contributed by atoms with Gasteiger partial charge in [-0.3, -0.25) is 9.59 Å². The summed E-state index contributed by atoms with van der Waals surface area (Å²) in [5.74, 6) is -0.375. The number of piperazine rings is 1. The Labute approximate surface area is 177 Å². The number of nitrogens with one attached hydrogen (secondary N) is 4. The van der Waals surface area contributed by atoms with Crippen LogP contribution in [0.25, 0.3) is 0 Å². The Morgan fingerprint density at radius 2 is 1.60 bits per heavy atom. The van der Waals surface area contributed by atoms with E-state index >= 15 is 0 Å². The Hall–Kier alpha value is -2.77. The lowest BCUT2D eigenvalue weighted by atomic mass is 10.0. The summed E-state index contributed by atoms with van der Waals surface area (Å²) >= 11 is 0. The third kappa shape index (κ3) is 6.11. The lowest BCUT2D eigenvalue weighted by molar-refractivity contribution is -1.02. The van der Waals surface area contributed by atoms with Gasteiger partial charge in [-0.05, 0) is 38.1 Å². The zero-order chi connectivity index (χ0) is 21.5. The highest BCUT2D eigenvalue weighted by Crippen LogP contribution is 2.14. The van der Waals surface area contributed by atoms with Gasteiger partial charge in [0.2, 0.25) is 0 Å². The molecule has 0 aromatic heterocycles. The number of quaternary nitrogens is 2. The lowest BCUT2D eigenvalue weighted by Gasteiger charge is -2.34. The summed E-state index contributed by atoms with van der Waals surface area (Å²) in [6.45, 7) is 7.62. The van der Waals surface area contributed by atoms with Crippen LogP contribution in [0.5, 0.6) is 0 Å². The van der Waals surface area contributed by atoms with Gasteiger partial charge in [-0.2, -0.15) is 0 Å². The standard InChI is InChI=1S/C23H29FN4O2/c1-17(2)25-21(29)16-27-12-14-28(15-13-27)22(18-6-4-3-5-7-18)23(30)26-20-10-8-19(24)9-11-20/h3-11,17,22H,12-16H2,1-2H3,(H,25,29)(H,26,30)/p+2/t22-/m1/s1. The first-order chi connectivity index (χ1) is 14.4. The van der Waals surface area contributed by atoms with Gasteiger partial charge in [0, 0.05) is 17.3 Å². The van der Waals surface area contributed by atoms with E-state index in [-0.39, 0.29) is 29.7 Å². The van der Waals surface area contributed by atoms with Crippen LogP contribution in [-0.4, -0.2) is 50.6 Å². The molecule has 2 aromatic rings. The van der Waals surface area contributed by atoms with Gasteiger partial charge >= 0.3 is 0 Å². The molecule has 3 rings (SSSR count). The molecule has 0 spiro atoms. The summed E-state index contributed by atoms with van der Waals surface area (Å²) in [5.41, 5.74) is 1.53. The molecule has 2 aromatic carbocycles. The number of carbonyl (C=O) groups excluding carboxylic acids is 2. The van der Waals surface area contributed by atoms with Gasteiger partial charge in [-0.25, -0.2) is 4.39 Å². The van der Waals surface area contributed by atoms with E-state index in [1.165, 1.54) is 21.9 Å². The highest BCUT2D eigenvalue weighted by molar-refractivity contribution is 5.94. The van der Waals surface area contributed by atoms with Crippen molar-refractivity contribution in [3.63, 3.8) is 0 Å². The minimum atomic E-state index is -0.359. The van der Waals surface area contributed by atoms with Crippen LogP contribution in [0.2, 0.25) is 0 Å². The van der Waals surface area contributed by atoms with E-state index in [1.54, 1.807) is 12.1 Å². The molecule has 2 amide bonds. The minimum absolute atomic E-state index is 0.0668. The number of rotatable bonds is 7. The van der Waals surface area contributed by atoms with Crippen LogP contribution >= 0.6 is 0 Å². The Kier molecular flexibility index (Phi) is 7.54. The number of amides is 2. The molecule has 0 aliphatic carbocycles. The topological polar surface area (TPSA) is 67.1 Å². The zero-order valence-electron chi connectivity index (χ0n) is 17.6. The maximum Gasteiger partial charge on any atom is 0.287 e. The predicted octanol–water partition coefficient (Wildman–Crippen LogP) is -0.186. The molecule has 7 heteroatoms. The molecule has 4 N–H and O–H groups in total. The van der Waals surface area contributed by atoms with Gasteiger partial charge in [0.1, 0.15) is 32.0 Å². The molecule has 1 atom stereocenters. The summed E-state index contributed by atoms with van der Waals surface area (Å²) < 4.78 is 13.2. The van der Waals surface area contributed by atoms with Crippen LogP contribution in [0.4, 0.5) is 10.1 Å². The van der Waals surface area contributed by atoms with E-state index in [0.29, 0.717) is 12.2 Å². The largest absolute Gasteiger partial charge is 0.349 e. The van der Waals surface area contributed by atoms with Gasteiger partial charge < -0.3 is 20.4 Å². The van der Waals surface area contributed by atoms with Crippen molar-refractivity contribution in [2.24, 2.45) is 0 Å². The van der Waals surface area contributed by atoms with Crippen LogP contribution in [0.15, 0.2) is 54.6 Å². The summed E-state index contributed by atoms with van der Waals surface area (Å²) in [4.78, 5) is 27.7. The Morgan fingerprint density at radius 3 is 2.20 bits per heavy atom. The van der Waals surface area contributed by atoms with Crippen molar-refractivity contribution in [3.05, 3.63) is 66.0 Å². The molecule has 1 saturated heterocycles. The average Bonchev–Trinajstić information content (AvgIpc) is 2.71. The summed E-state index contributed by atoms with van der Waals surface area (Å²) in [6, 6.07) is 15.3. The van der Waals surface area contributed by atoms with E-state index < -0.39 is 0 Å².